The smallest absolute Gasteiger partial charge is 0.0700 e. The normalized spacial score (nSPS) is 20.7. The third kappa shape index (κ3) is 4.28. The van der Waals surface area contributed by atoms with Crippen LogP contribution in [0.3, 0.4) is 0 Å². The minimum absolute atomic E-state index is 0.399. The average Bonchev–Trinajstić information content (AvgIpc) is 2.42. The van der Waals surface area contributed by atoms with Crippen LogP contribution in [0.2, 0.25) is 0 Å². The maximum absolute atomic E-state index is 5.71. The van der Waals surface area contributed by atoms with E-state index in [9.17, 15) is 0 Å². The number of halogens is 1. The zero-order valence-electron chi connectivity index (χ0n) is 11.8. The molecular weight excluding hydrogens is 304 g/mol. The van der Waals surface area contributed by atoms with Crippen molar-refractivity contribution >= 4 is 15.9 Å². The third-order valence-corrected chi connectivity index (χ3v) is 4.31. The quantitative estimate of drug-likeness (QED) is 0.900. The van der Waals surface area contributed by atoms with Crippen molar-refractivity contribution in [3.05, 3.63) is 33.8 Å². The van der Waals surface area contributed by atoms with Gasteiger partial charge in [0.25, 0.3) is 0 Å². The molecule has 1 unspecified atom stereocenters. The molecule has 0 saturated carbocycles. The molecule has 106 valence electrons. The summed E-state index contributed by atoms with van der Waals surface area (Å²) in [6.07, 6.45) is 1.50. The van der Waals surface area contributed by atoms with Crippen LogP contribution in [-0.4, -0.2) is 37.7 Å². The van der Waals surface area contributed by atoms with Crippen LogP contribution in [0.5, 0.6) is 0 Å². The zero-order valence-corrected chi connectivity index (χ0v) is 13.4. The molecule has 1 saturated heterocycles. The lowest BCUT2D eigenvalue weighted by molar-refractivity contribution is -0.0325. The summed E-state index contributed by atoms with van der Waals surface area (Å²) in [5.41, 5.74) is 2.67. The van der Waals surface area contributed by atoms with E-state index in [0.29, 0.717) is 6.10 Å². The summed E-state index contributed by atoms with van der Waals surface area (Å²) < 4.78 is 6.92. The van der Waals surface area contributed by atoms with Gasteiger partial charge in [0, 0.05) is 30.7 Å². The highest BCUT2D eigenvalue weighted by atomic mass is 79.9. The van der Waals surface area contributed by atoms with E-state index >= 15 is 0 Å². The predicted molar refractivity (Wildman–Crippen MR) is 82.2 cm³/mol. The molecule has 1 aromatic carbocycles. The lowest BCUT2D eigenvalue weighted by Crippen LogP contribution is -2.41. The number of ether oxygens (including phenoxy) is 1. The molecule has 1 fully saturated rings. The standard InChI is InChI=1S/C15H23BrN2O/c1-3-14-11-18(6-7-19-14)10-13-5-4-12(9-17-2)8-15(13)16/h4-5,8,14,17H,3,6-7,9-11H2,1-2H3. The molecule has 4 heteroatoms. The zero-order chi connectivity index (χ0) is 13.7. The molecule has 1 aromatic rings. The highest BCUT2D eigenvalue weighted by Gasteiger charge is 2.19. The molecular formula is C15H23BrN2O. The van der Waals surface area contributed by atoms with Gasteiger partial charge in [0.05, 0.1) is 12.7 Å². The van der Waals surface area contributed by atoms with Gasteiger partial charge in [-0.25, -0.2) is 0 Å². The number of nitrogens with zero attached hydrogens (tertiary/aromatic N) is 1. The summed E-state index contributed by atoms with van der Waals surface area (Å²) in [5.74, 6) is 0. The fraction of sp³-hybridized carbons (Fsp3) is 0.600. The Balaban J connectivity index is 1.98. The van der Waals surface area contributed by atoms with Gasteiger partial charge >= 0.3 is 0 Å². The van der Waals surface area contributed by atoms with Crippen LogP contribution in [0.4, 0.5) is 0 Å². The maximum atomic E-state index is 5.71. The fourth-order valence-corrected chi connectivity index (χ4v) is 3.00. The Kier molecular flexibility index (Phi) is 5.82. The van der Waals surface area contributed by atoms with Crippen LogP contribution in [0.1, 0.15) is 24.5 Å². The van der Waals surface area contributed by atoms with Crippen LogP contribution < -0.4 is 5.32 Å². The van der Waals surface area contributed by atoms with Crippen LogP contribution in [0.25, 0.3) is 0 Å². The van der Waals surface area contributed by atoms with E-state index in [-0.39, 0.29) is 0 Å². The lowest BCUT2D eigenvalue weighted by Gasteiger charge is -2.32. The fourth-order valence-electron chi connectivity index (χ4n) is 2.45. The molecule has 3 nitrogen and oxygen atoms in total. The molecule has 19 heavy (non-hydrogen) atoms. The second-order valence-corrected chi connectivity index (χ2v) is 5.95. The van der Waals surface area contributed by atoms with E-state index in [0.717, 1.165) is 39.2 Å². The van der Waals surface area contributed by atoms with E-state index in [1.807, 2.05) is 7.05 Å². The third-order valence-electron chi connectivity index (χ3n) is 3.57. The van der Waals surface area contributed by atoms with Crippen LogP contribution >= 0.6 is 15.9 Å². The lowest BCUT2D eigenvalue weighted by atomic mass is 10.1. The van der Waals surface area contributed by atoms with Gasteiger partial charge in [-0.2, -0.15) is 0 Å². The van der Waals surface area contributed by atoms with E-state index in [4.69, 9.17) is 4.74 Å². The second kappa shape index (κ2) is 7.39. The van der Waals surface area contributed by atoms with Crippen molar-refractivity contribution in [3.8, 4) is 0 Å². The molecule has 1 aliphatic heterocycles. The first-order valence-electron chi connectivity index (χ1n) is 6.98. The summed E-state index contributed by atoms with van der Waals surface area (Å²) >= 11 is 3.69. The van der Waals surface area contributed by atoms with Gasteiger partial charge in [0.15, 0.2) is 0 Å². The first kappa shape index (κ1) is 15.0. The molecule has 1 heterocycles. The van der Waals surface area contributed by atoms with Crippen molar-refractivity contribution in [2.75, 3.05) is 26.7 Å². The number of hydrogen-bond donors (Lipinski definition) is 1. The van der Waals surface area contributed by atoms with Crippen molar-refractivity contribution in [2.24, 2.45) is 0 Å². The minimum atomic E-state index is 0.399. The Morgan fingerprint density at radius 3 is 3.00 bits per heavy atom. The van der Waals surface area contributed by atoms with Crippen molar-refractivity contribution in [1.82, 2.24) is 10.2 Å². The molecule has 2 rings (SSSR count). The van der Waals surface area contributed by atoms with E-state index in [1.54, 1.807) is 0 Å². The van der Waals surface area contributed by atoms with Crippen molar-refractivity contribution in [1.29, 1.82) is 0 Å². The van der Waals surface area contributed by atoms with E-state index in [2.05, 4.69) is 51.3 Å². The average molecular weight is 327 g/mol. The Bertz CT molecular complexity index is 411. The van der Waals surface area contributed by atoms with Crippen LogP contribution in [0.15, 0.2) is 22.7 Å². The largest absolute Gasteiger partial charge is 0.376 e. The van der Waals surface area contributed by atoms with Crippen LogP contribution in [0, 0.1) is 0 Å². The van der Waals surface area contributed by atoms with Crippen LogP contribution in [-0.2, 0) is 17.8 Å². The SMILES string of the molecule is CCC1CN(Cc2ccc(CNC)cc2Br)CCO1. The van der Waals surface area contributed by atoms with Gasteiger partial charge in [-0.3, -0.25) is 4.90 Å². The summed E-state index contributed by atoms with van der Waals surface area (Å²) in [7, 11) is 1.97. The first-order valence-corrected chi connectivity index (χ1v) is 7.78. The van der Waals surface area contributed by atoms with Gasteiger partial charge in [-0.15, -0.1) is 0 Å². The number of hydrogen-bond acceptors (Lipinski definition) is 3. The van der Waals surface area contributed by atoms with Gasteiger partial charge in [0.2, 0.25) is 0 Å². The Hall–Kier alpha value is -0.420. The number of rotatable bonds is 5. The molecule has 0 bridgehead atoms. The molecule has 1 atom stereocenters. The minimum Gasteiger partial charge on any atom is -0.376 e. The Morgan fingerprint density at radius 1 is 1.47 bits per heavy atom. The molecule has 0 amide bonds. The first-order chi connectivity index (χ1) is 9.22. The second-order valence-electron chi connectivity index (χ2n) is 5.09. The Labute approximate surface area is 124 Å². The summed E-state index contributed by atoms with van der Waals surface area (Å²) in [5, 5.41) is 3.18. The van der Waals surface area contributed by atoms with Crippen molar-refractivity contribution < 1.29 is 4.74 Å². The van der Waals surface area contributed by atoms with Gasteiger partial charge < -0.3 is 10.1 Å². The van der Waals surface area contributed by atoms with Crippen molar-refractivity contribution in [2.45, 2.75) is 32.5 Å². The summed E-state index contributed by atoms with van der Waals surface area (Å²) in [6.45, 7) is 7.03. The predicted octanol–water partition coefficient (Wildman–Crippen LogP) is 2.78. The maximum Gasteiger partial charge on any atom is 0.0700 e. The number of benzene rings is 1. The van der Waals surface area contributed by atoms with E-state index < -0.39 is 0 Å². The summed E-state index contributed by atoms with van der Waals surface area (Å²) in [6, 6.07) is 6.64. The molecule has 0 spiro atoms. The molecule has 1 N–H and O–H groups in total. The van der Waals surface area contributed by atoms with Crippen molar-refractivity contribution in [3.63, 3.8) is 0 Å². The monoisotopic (exact) mass is 326 g/mol. The topological polar surface area (TPSA) is 24.5 Å². The van der Waals surface area contributed by atoms with Gasteiger partial charge in [-0.05, 0) is 30.7 Å². The van der Waals surface area contributed by atoms with Gasteiger partial charge in [0.1, 0.15) is 0 Å². The molecule has 0 aliphatic carbocycles. The molecule has 1 aliphatic rings. The molecule has 0 aromatic heterocycles. The highest BCUT2D eigenvalue weighted by Crippen LogP contribution is 2.21. The molecule has 0 radical (unpaired) electrons. The van der Waals surface area contributed by atoms with E-state index in [1.165, 1.54) is 15.6 Å². The Morgan fingerprint density at radius 2 is 2.32 bits per heavy atom. The highest BCUT2D eigenvalue weighted by molar-refractivity contribution is 9.10. The number of nitrogens with one attached hydrogen (secondary N) is 1. The number of morpholine rings is 1. The van der Waals surface area contributed by atoms with Gasteiger partial charge in [-0.1, -0.05) is 35.0 Å². The summed E-state index contributed by atoms with van der Waals surface area (Å²) in [4.78, 5) is 2.48.